The number of alkyl halides is 2. The molecule has 0 saturated carbocycles. The second-order valence-corrected chi connectivity index (χ2v) is 7.19. The summed E-state index contributed by atoms with van der Waals surface area (Å²) in [6.07, 6.45) is 0.225. The highest BCUT2D eigenvalue weighted by atomic mass is 127. The van der Waals surface area contributed by atoms with Crippen LogP contribution in [0.1, 0.15) is 23.1 Å². The average molecular weight is 471 g/mol. The van der Waals surface area contributed by atoms with E-state index in [1.54, 1.807) is 12.1 Å². The van der Waals surface area contributed by atoms with Crippen molar-refractivity contribution in [1.29, 1.82) is 5.26 Å². The number of nitrogens with zero attached hydrogens (tertiary/aromatic N) is 1. The number of nitriles is 1. The van der Waals surface area contributed by atoms with Crippen LogP contribution in [0.15, 0.2) is 43.0 Å². The normalized spacial score (nSPS) is 20.3. The molecule has 0 spiro atoms. The molecule has 2 aromatic carbocycles. The molecule has 1 N–H and O–H groups in total. The monoisotopic (exact) mass is 471 g/mol. The topological polar surface area (TPSA) is 53.2 Å². The first kappa shape index (κ1) is 18.7. The summed E-state index contributed by atoms with van der Waals surface area (Å²) in [4.78, 5) is 0. The third kappa shape index (κ3) is 2.97. The number of rotatable bonds is 4. The Bertz CT molecular complexity index is 939. The number of hydrogen-bond acceptors (Lipinski definition) is 3. The molecule has 0 aliphatic heterocycles. The van der Waals surface area contributed by atoms with Gasteiger partial charge < -0.3 is 9.84 Å². The van der Waals surface area contributed by atoms with Crippen LogP contribution in [0, 0.1) is 20.7 Å². The maximum Gasteiger partial charge on any atom is 0.284 e. The number of fused-ring (bicyclic) bond motifs is 1. The number of halogens is 4. The second kappa shape index (κ2) is 6.59. The van der Waals surface area contributed by atoms with Crippen LogP contribution >= 0.6 is 22.6 Å². The summed E-state index contributed by atoms with van der Waals surface area (Å²) >= 11 is 1.89. The van der Waals surface area contributed by atoms with Gasteiger partial charge >= 0.3 is 0 Å². The first-order chi connectivity index (χ1) is 12.2. The van der Waals surface area contributed by atoms with Crippen molar-refractivity contribution in [1.82, 2.24) is 0 Å². The summed E-state index contributed by atoms with van der Waals surface area (Å²) in [6, 6.07) is 8.27. The van der Waals surface area contributed by atoms with Gasteiger partial charge in [0.25, 0.3) is 5.92 Å². The van der Waals surface area contributed by atoms with Crippen molar-refractivity contribution in [3.63, 3.8) is 0 Å². The fourth-order valence-electron chi connectivity index (χ4n) is 3.14. The first-order valence-corrected chi connectivity index (χ1v) is 8.71. The molecule has 0 fully saturated rings. The standard InChI is InChI=1S/C19H13F3INO2/c1-2-5-18(25)17-14(9-19(18,21)22)16(4-3-15(17)23)26-13-7-11(10-24)6-12(20)8-13/h2-4,6-8,25H,1,5,9H2. The summed E-state index contributed by atoms with van der Waals surface area (Å²) in [5.74, 6) is -3.96. The van der Waals surface area contributed by atoms with Crippen molar-refractivity contribution in [2.45, 2.75) is 24.4 Å². The van der Waals surface area contributed by atoms with Gasteiger partial charge in [-0.3, -0.25) is 0 Å². The molecule has 0 bridgehead atoms. The Hall–Kier alpha value is -2.05. The minimum absolute atomic E-state index is 0.0208. The largest absolute Gasteiger partial charge is 0.457 e. The Balaban J connectivity index is 2.11. The lowest BCUT2D eigenvalue weighted by molar-refractivity contribution is -0.173. The Morgan fingerprint density at radius 1 is 1.35 bits per heavy atom. The molecule has 3 rings (SSSR count). The van der Waals surface area contributed by atoms with Crippen LogP contribution in [0.5, 0.6) is 11.5 Å². The fourth-order valence-corrected chi connectivity index (χ4v) is 4.09. The third-order valence-electron chi connectivity index (χ3n) is 4.30. The quantitative estimate of drug-likeness (QED) is 0.502. The van der Waals surface area contributed by atoms with Gasteiger partial charge in [0.05, 0.1) is 11.6 Å². The Kier molecular flexibility index (Phi) is 4.75. The van der Waals surface area contributed by atoms with Crippen molar-refractivity contribution in [3.8, 4) is 17.6 Å². The van der Waals surface area contributed by atoms with E-state index in [-0.39, 0.29) is 34.6 Å². The molecule has 7 heteroatoms. The molecular formula is C19H13F3INO2. The van der Waals surface area contributed by atoms with E-state index >= 15 is 0 Å². The van der Waals surface area contributed by atoms with Gasteiger partial charge in [-0.1, -0.05) is 6.08 Å². The highest BCUT2D eigenvalue weighted by molar-refractivity contribution is 14.1. The lowest BCUT2D eigenvalue weighted by atomic mass is 9.90. The molecule has 1 aliphatic rings. The van der Waals surface area contributed by atoms with E-state index in [4.69, 9.17) is 10.00 Å². The molecular weight excluding hydrogens is 458 g/mol. The maximum atomic E-state index is 14.6. The summed E-state index contributed by atoms with van der Waals surface area (Å²) in [5, 5.41) is 19.6. The third-order valence-corrected chi connectivity index (χ3v) is 5.20. The molecule has 26 heavy (non-hydrogen) atoms. The molecule has 134 valence electrons. The lowest BCUT2D eigenvalue weighted by Gasteiger charge is -2.30. The highest BCUT2D eigenvalue weighted by Crippen LogP contribution is 2.54. The van der Waals surface area contributed by atoms with Gasteiger partial charge in [-0.05, 0) is 46.9 Å². The zero-order valence-electron chi connectivity index (χ0n) is 13.4. The molecule has 3 nitrogen and oxygen atoms in total. The molecule has 0 radical (unpaired) electrons. The Morgan fingerprint density at radius 3 is 2.73 bits per heavy atom. The minimum Gasteiger partial charge on any atom is -0.457 e. The molecule has 0 aromatic heterocycles. The van der Waals surface area contributed by atoms with Crippen LogP contribution in [0.25, 0.3) is 0 Å². The second-order valence-electron chi connectivity index (χ2n) is 6.02. The van der Waals surface area contributed by atoms with Gasteiger partial charge in [0.15, 0.2) is 5.60 Å². The SMILES string of the molecule is C=CCC1(O)c2c(I)ccc(Oc3cc(F)cc(C#N)c3)c2CC1(F)F. The van der Waals surface area contributed by atoms with Gasteiger partial charge in [-0.2, -0.15) is 5.26 Å². The van der Waals surface area contributed by atoms with Crippen LogP contribution in [0.2, 0.25) is 0 Å². The predicted molar refractivity (Wildman–Crippen MR) is 97.7 cm³/mol. The minimum atomic E-state index is -3.40. The predicted octanol–water partition coefficient (Wildman–Crippen LogP) is 5.05. The summed E-state index contributed by atoms with van der Waals surface area (Å²) in [5.41, 5.74) is -2.07. The fraction of sp³-hybridized carbons (Fsp3) is 0.211. The zero-order valence-corrected chi connectivity index (χ0v) is 15.6. The van der Waals surface area contributed by atoms with Gasteiger partial charge in [0, 0.05) is 33.6 Å². The summed E-state index contributed by atoms with van der Waals surface area (Å²) in [7, 11) is 0. The van der Waals surface area contributed by atoms with Crippen molar-refractivity contribution in [2.24, 2.45) is 0 Å². The van der Waals surface area contributed by atoms with Crippen molar-refractivity contribution >= 4 is 22.6 Å². The molecule has 1 unspecified atom stereocenters. The highest BCUT2D eigenvalue weighted by Gasteiger charge is 2.60. The van der Waals surface area contributed by atoms with Crippen molar-refractivity contribution < 1.29 is 23.0 Å². The van der Waals surface area contributed by atoms with Gasteiger partial charge in [-0.15, -0.1) is 6.58 Å². The smallest absolute Gasteiger partial charge is 0.284 e. The van der Waals surface area contributed by atoms with E-state index in [0.29, 0.717) is 3.57 Å². The molecule has 1 atom stereocenters. The molecule has 0 amide bonds. The summed E-state index contributed by atoms with van der Waals surface area (Å²) in [6.45, 7) is 3.46. The van der Waals surface area contributed by atoms with Crippen LogP contribution in [0.4, 0.5) is 13.2 Å². The van der Waals surface area contributed by atoms with E-state index in [1.807, 2.05) is 22.6 Å². The van der Waals surface area contributed by atoms with Crippen LogP contribution in [-0.2, 0) is 12.0 Å². The van der Waals surface area contributed by atoms with Crippen molar-refractivity contribution in [3.05, 3.63) is 69.1 Å². The lowest BCUT2D eigenvalue weighted by Crippen LogP contribution is -2.41. The van der Waals surface area contributed by atoms with E-state index in [2.05, 4.69) is 6.58 Å². The zero-order chi connectivity index (χ0) is 19.1. The van der Waals surface area contributed by atoms with Crippen LogP contribution in [-0.4, -0.2) is 11.0 Å². The molecule has 2 aromatic rings. The van der Waals surface area contributed by atoms with Crippen LogP contribution in [0.3, 0.4) is 0 Å². The average Bonchev–Trinajstić information content (AvgIpc) is 2.77. The number of hydrogen-bond donors (Lipinski definition) is 1. The number of benzene rings is 2. The van der Waals surface area contributed by atoms with E-state index in [9.17, 15) is 18.3 Å². The van der Waals surface area contributed by atoms with Gasteiger partial charge in [-0.25, -0.2) is 13.2 Å². The molecule has 1 aliphatic carbocycles. The first-order valence-electron chi connectivity index (χ1n) is 7.63. The van der Waals surface area contributed by atoms with Gasteiger partial charge in [0.1, 0.15) is 17.3 Å². The Morgan fingerprint density at radius 2 is 2.08 bits per heavy atom. The van der Waals surface area contributed by atoms with Crippen molar-refractivity contribution in [2.75, 3.05) is 0 Å². The number of aliphatic hydroxyl groups is 1. The van der Waals surface area contributed by atoms with E-state index in [0.717, 1.165) is 12.1 Å². The Labute approximate surface area is 161 Å². The van der Waals surface area contributed by atoms with E-state index in [1.165, 1.54) is 18.2 Å². The van der Waals surface area contributed by atoms with Crippen LogP contribution < -0.4 is 4.74 Å². The summed E-state index contributed by atoms with van der Waals surface area (Å²) < 4.78 is 48.9. The molecule has 0 saturated heterocycles. The molecule has 0 heterocycles. The number of ether oxygens (including phenoxy) is 1. The maximum absolute atomic E-state index is 14.6. The van der Waals surface area contributed by atoms with E-state index < -0.39 is 23.8 Å². The van der Waals surface area contributed by atoms with Gasteiger partial charge in [0.2, 0.25) is 0 Å².